The van der Waals surface area contributed by atoms with Gasteiger partial charge in [0.1, 0.15) is 0 Å². The summed E-state index contributed by atoms with van der Waals surface area (Å²) >= 11 is 0. The van der Waals surface area contributed by atoms with Crippen LogP contribution in [0.3, 0.4) is 0 Å². The first-order valence-corrected chi connectivity index (χ1v) is 10.5. The topological polar surface area (TPSA) is 34.2 Å². The lowest BCUT2D eigenvalue weighted by Gasteiger charge is -2.27. The van der Waals surface area contributed by atoms with Crippen LogP contribution in [-0.4, -0.2) is 22.7 Å². The van der Waals surface area contributed by atoms with Crippen LogP contribution in [0.5, 0.6) is 0 Å². The number of hydrogen-bond acceptors (Lipinski definition) is 3. The minimum atomic E-state index is -2.86. The number of hydrogen-bond donors (Lipinski definition) is 1. The molecule has 1 aromatic carbocycles. The molecule has 4 rings (SSSR count). The van der Waals surface area contributed by atoms with Gasteiger partial charge in [0, 0.05) is 24.8 Å². The van der Waals surface area contributed by atoms with E-state index >= 15 is 0 Å². The lowest BCUT2D eigenvalue weighted by atomic mass is 9.86. The maximum atomic E-state index is 14.3. The van der Waals surface area contributed by atoms with E-state index in [1.165, 1.54) is 0 Å². The number of alkyl halides is 2. The highest BCUT2D eigenvalue weighted by Gasteiger charge is 2.39. The van der Waals surface area contributed by atoms with Gasteiger partial charge in [-0.05, 0) is 48.7 Å². The van der Waals surface area contributed by atoms with Crippen molar-refractivity contribution in [2.24, 2.45) is 0 Å². The fourth-order valence-electron chi connectivity index (χ4n) is 4.03. The first-order chi connectivity index (χ1) is 13.2. The van der Waals surface area contributed by atoms with Crippen LogP contribution in [0, 0.1) is 6.92 Å². The van der Waals surface area contributed by atoms with Gasteiger partial charge in [-0.25, -0.2) is 8.78 Å². The summed E-state index contributed by atoms with van der Waals surface area (Å²) in [4.78, 5) is 4.36. The van der Waals surface area contributed by atoms with Crippen LogP contribution >= 0.6 is 8.20 Å². The van der Waals surface area contributed by atoms with Gasteiger partial charge in [-0.3, -0.25) is 4.98 Å². The number of rotatable bonds is 4. The van der Waals surface area contributed by atoms with Crippen molar-refractivity contribution in [1.29, 1.82) is 0 Å². The summed E-state index contributed by atoms with van der Waals surface area (Å²) in [7, 11) is 0.630. The third-order valence-corrected chi connectivity index (χ3v) is 6.83. The monoisotopic (exact) mass is 400 g/mol. The molecule has 0 saturated carbocycles. The Hall–Kier alpha value is -2.26. The standard InChI is InChI=1S/C22H23F2N2OP/c1-5-22(12-26-14(3)27-22)16-9-13(2)8-15(10-16)17-6-7-25-18-11-28-20(19(17)18)21(4,23)24/h6-10,26H,3,5,11-12H2,1-2,4H3. The van der Waals surface area contributed by atoms with Gasteiger partial charge in [0.2, 0.25) is 0 Å². The van der Waals surface area contributed by atoms with Crippen molar-refractivity contribution in [3.63, 3.8) is 0 Å². The first kappa shape index (κ1) is 19.1. The van der Waals surface area contributed by atoms with E-state index in [1.54, 1.807) is 6.20 Å². The third-order valence-electron chi connectivity index (χ3n) is 5.44. The largest absolute Gasteiger partial charge is 0.467 e. The van der Waals surface area contributed by atoms with E-state index in [9.17, 15) is 8.78 Å². The number of halogens is 2. The van der Waals surface area contributed by atoms with Gasteiger partial charge < -0.3 is 10.1 Å². The molecule has 0 radical (unpaired) electrons. The Kier molecular flexibility index (Phi) is 4.54. The Balaban J connectivity index is 1.87. The number of aromatic nitrogens is 1. The summed E-state index contributed by atoms with van der Waals surface area (Å²) in [5.74, 6) is -2.30. The molecule has 28 heavy (non-hydrogen) atoms. The van der Waals surface area contributed by atoms with Crippen LogP contribution in [0.15, 0.2) is 42.9 Å². The highest BCUT2D eigenvalue weighted by molar-refractivity contribution is 7.41. The first-order valence-electron chi connectivity index (χ1n) is 9.39. The third kappa shape index (κ3) is 3.12. The molecular formula is C22H23F2N2OP. The average molecular weight is 400 g/mol. The van der Waals surface area contributed by atoms with Crippen LogP contribution in [-0.2, 0) is 16.5 Å². The number of aryl methyl sites for hydroxylation is 1. The van der Waals surface area contributed by atoms with Gasteiger partial charge in [-0.2, -0.15) is 0 Å². The second-order valence-corrected chi connectivity index (χ2v) is 8.63. The van der Waals surface area contributed by atoms with E-state index in [2.05, 4.69) is 35.9 Å². The molecule has 1 unspecified atom stereocenters. The Bertz CT molecular complexity index is 997. The number of pyridine rings is 1. The SMILES string of the molecule is C=C1NCC(CC)(c2cc(C)cc(-c3ccnc4c3C(C(C)(F)F)=PC4)c2)O1. The Labute approximate surface area is 165 Å². The molecule has 2 aliphatic rings. The number of benzene rings is 1. The molecule has 6 heteroatoms. The van der Waals surface area contributed by atoms with E-state index in [4.69, 9.17) is 4.74 Å². The smallest absolute Gasteiger partial charge is 0.275 e. The van der Waals surface area contributed by atoms with Crippen molar-refractivity contribution in [3.05, 3.63) is 65.3 Å². The van der Waals surface area contributed by atoms with E-state index in [0.29, 0.717) is 32.4 Å². The minimum Gasteiger partial charge on any atom is -0.467 e. The van der Waals surface area contributed by atoms with Crippen LogP contribution in [0.1, 0.15) is 42.7 Å². The van der Waals surface area contributed by atoms with Crippen molar-refractivity contribution in [2.75, 3.05) is 6.54 Å². The molecule has 1 N–H and O–H groups in total. The molecule has 1 aromatic heterocycles. The quantitative estimate of drug-likeness (QED) is 0.699. The zero-order chi connectivity index (χ0) is 20.1. The fraction of sp³-hybridized carbons (Fsp3) is 0.364. The van der Waals surface area contributed by atoms with Gasteiger partial charge in [0.05, 0.1) is 17.5 Å². The second kappa shape index (κ2) is 6.66. The van der Waals surface area contributed by atoms with Crippen molar-refractivity contribution >= 4 is 13.5 Å². The van der Waals surface area contributed by atoms with E-state index in [-0.39, 0.29) is 5.29 Å². The van der Waals surface area contributed by atoms with Crippen LogP contribution in [0.4, 0.5) is 8.78 Å². The van der Waals surface area contributed by atoms with Gasteiger partial charge >= 0.3 is 0 Å². The molecule has 0 aliphatic carbocycles. The molecule has 0 bridgehead atoms. The van der Waals surface area contributed by atoms with Gasteiger partial charge in [-0.1, -0.05) is 32.8 Å². The Morgan fingerprint density at radius 2 is 2.14 bits per heavy atom. The zero-order valence-corrected chi connectivity index (χ0v) is 17.2. The minimum absolute atomic E-state index is 0.158. The summed E-state index contributed by atoms with van der Waals surface area (Å²) in [6.07, 6.45) is 3.03. The number of nitrogens with one attached hydrogen (secondary N) is 1. The molecule has 1 atom stereocenters. The van der Waals surface area contributed by atoms with Crippen molar-refractivity contribution in [2.45, 2.75) is 44.9 Å². The predicted molar refractivity (Wildman–Crippen MR) is 110 cm³/mol. The molecule has 1 saturated heterocycles. The molecule has 2 aromatic rings. The zero-order valence-electron chi connectivity index (χ0n) is 16.3. The molecular weight excluding hydrogens is 377 g/mol. The second-order valence-electron chi connectivity index (χ2n) is 7.55. The van der Waals surface area contributed by atoms with Crippen molar-refractivity contribution in [3.8, 4) is 11.1 Å². The molecule has 146 valence electrons. The van der Waals surface area contributed by atoms with Crippen LogP contribution in [0.2, 0.25) is 0 Å². The average Bonchev–Trinajstić information content (AvgIpc) is 3.25. The molecule has 2 aliphatic heterocycles. The molecule has 3 heterocycles. The summed E-state index contributed by atoms with van der Waals surface area (Å²) in [5, 5.41) is 3.33. The number of fused-ring (bicyclic) bond motifs is 1. The van der Waals surface area contributed by atoms with E-state index in [0.717, 1.165) is 41.3 Å². The normalized spacial score (nSPS) is 21.8. The van der Waals surface area contributed by atoms with Crippen molar-refractivity contribution in [1.82, 2.24) is 10.3 Å². The van der Waals surface area contributed by atoms with Crippen LogP contribution < -0.4 is 5.32 Å². The van der Waals surface area contributed by atoms with E-state index < -0.39 is 11.5 Å². The highest BCUT2D eigenvalue weighted by Crippen LogP contribution is 2.42. The molecule has 1 fully saturated rings. The maximum absolute atomic E-state index is 14.3. The lowest BCUT2D eigenvalue weighted by Crippen LogP contribution is -2.29. The number of nitrogens with zero attached hydrogens (tertiary/aromatic N) is 1. The van der Waals surface area contributed by atoms with Gasteiger partial charge in [-0.15, -0.1) is 0 Å². The Morgan fingerprint density at radius 1 is 1.36 bits per heavy atom. The fourth-order valence-corrected chi connectivity index (χ4v) is 5.27. The molecule has 0 spiro atoms. The van der Waals surface area contributed by atoms with Crippen molar-refractivity contribution < 1.29 is 13.5 Å². The summed E-state index contributed by atoms with van der Waals surface area (Å²) in [6, 6.07) is 8.05. The molecule has 0 amide bonds. The van der Waals surface area contributed by atoms with Gasteiger partial charge in [0.25, 0.3) is 5.92 Å². The number of ether oxygens (including phenoxy) is 1. The van der Waals surface area contributed by atoms with Crippen LogP contribution in [0.25, 0.3) is 11.1 Å². The van der Waals surface area contributed by atoms with Gasteiger partial charge in [0.15, 0.2) is 11.5 Å². The Morgan fingerprint density at radius 3 is 2.79 bits per heavy atom. The molecule has 3 nitrogen and oxygen atoms in total. The van der Waals surface area contributed by atoms with E-state index in [1.807, 2.05) is 19.1 Å². The summed E-state index contributed by atoms with van der Waals surface area (Å²) in [6.45, 7) is 9.59. The maximum Gasteiger partial charge on any atom is 0.275 e. The lowest BCUT2D eigenvalue weighted by molar-refractivity contribution is 0.0433. The summed E-state index contributed by atoms with van der Waals surface area (Å²) < 4.78 is 34.6. The highest BCUT2D eigenvalue weighted by atomic mass is 31.1. The summed E-state index contributed by atoms with van der Waals surface area (Å²) in [5.41, 5.74) is 4.68. The predicted octanol–water partition coefficient (Wildman–Crippen LogP) is 5.39.